The van der Waals surface area contributed by atoms with Crippen LogP contribution >= 0.6 is 24.0 Å². The van der Waals surface area contributed by atoms with E-state index in [1.54, 1.807) is 44.6 Å². The zero-order chi connectivity index (χ0) is 32.3. The van der Waals surface area contributed by atoms with Gasteiger partial charge in [-0.25, -0.2) is 14.8 Å². The van der Waals surface area contributed by atoms with Crippen molar-refractivity contribution in [3.05, 3.63) is 63.2 Å². The van der Waals surface area contributed by atoms with Crippen LogP contribution < -0.4 is 47.5 Å². The second kappa shape index (κ2) is 13.6. The van der Waals surface area contributed by atoms with Gasteiger partial charge < -0.3 is 46.3 Å². The molecule has 16 heteroatoms. The van der Waals surface area contributed by atoms with Crippen LogP contribution in [0, 0.1) is 0 Å². The van der Waals surface area contributed by atoms with E-state index >= 15 is 0 Å². The number of ether oxygens (including phenoxy) is 4. The number of halogens is 2. The van der Waals surface area contributed by atoms with Crippen molar-refractivity contribution in [1.29, 1.82) is 0 Å². The lowest BCUT2D eigenvalue weighted by Crippen LogP contribution is -2.27. The van der Waals surface area contributed by atoms with Crippen LogP contribution in [0.25, 0.3) is 28.2 Å². The molecule has 0 bridgehead atoms. The van der Waals surface area contributed by atoms with E-state index < -0.39 is 23.1 Å². The van der Waals surface area contributed by atoms with E-state index in [1.807, 2.05) is 26.0 Å². The second-order valence-corrected chi connectivity index (χ2v) is 10.1. The lowest BCUT2D eigenvalue weighted by molar-refractivity contribution is 0.0998. The van der Waals surface area contributed by atoms with E-state index in [9.17, 15) is 9.59 Å². The first-order valence-corrected chi connectivity index (χ1v) is 13.2. The maximum Gasteiger partial charge on any atom is 0.347 e. The molecule has 2 aromatic carbocycles. The Morgan fingerprint density at radius 3 is 2.20 bits per heavy atom. The predicted octanol–water partition coefficient (Wildman–Crippen LogP) is 3.80. The molecular weight excluding hydrogens is 629 g/mol. The third kappa shape index (κ3) is 7.13. The quantitative estimate of drug-likeness (QED) is 0.136. The minimum Gasteiger partial charge on any atom is -0.497 e. The van der Waals surface area contributed by atoms with E-state index in [1.165, 1.54) is 7.11 Å². The zero-order valence-electron chi connectivity index (χ0n) is 24.8. The van der Waals surface area contributed by atoms with Gasteiger partial charge >= 0.3 is 11.5 Å². The lowest BCUT2D eigenvalue weighted by atomic mass is 9.98. The summed E-state index contributed by atoms with van der Waals surface area (Å²) < 4.78 is 28.3. The normalized spacial score (nSPS) is 12.4. The molecule has 0 unspecified atom stereocenters. The molecule has 45 heavy (non-hydrogen) atoms. The van der Waals surface area contributed by atoms with Gasteiger partial charge in [-0.3, -0.25) is 4.79 Å². The summed E-state index contributed by atoms with van der Waals surface area (Å²) in [4.78, 5) is 34.6. The Morgan fingerprint density at radius 2 is 1.62 bits per heavy atom. The number of hydrogen-bond donors (Lipinski definition) is 4. The van der Waals surface area contributed by atoms with E-state index in [-0.39, 0.29) is 34.9 Å². The SMILES string of the molecule is COc1ccc(-c2c(OC)c3c(OC)c4c(cc3oc2=O)OC(C)(C)C=C4)cc1.Cl.NC(N)=NC(=O)c1nc(Cl)c(N)nc1N. The molecule has 0 saturated carbocycles. The number of benzene rings is 2. The number of aromatic nitrogens is 2. The van der Waals surface area contributed by atoms with E-state index in [2.05, 4.69) is 15.0 Å². The number of aliphatic imine (C=N–C) groups is 1. The standard InChI is InChI=1S/C23H22O6.C6H8ClN7O.ClH/c1-23(2)11-10-15-16(29-23)12-17-19(20(15)26-4)21(27-5)18(22(24)28-17)13-6-8-14(25-3)9-7-13;7-2-4(9)13-3(8)1(12-2)5(15)14-6(10)11;/h6-12H,1-5H3;(H4,8,9,13)(H4,10,11,14,15);1H. The molecule has 14 nitrogen and oxygen atoms in total. The molecule has 0 spiro atoms. The molecule has 0 atom stereocenters. The van der Waals surface area contributed by atoms with Crippen molar-refractivity contribution in [3.63, 3.8) is 0 Å². The summed E-state index contributed by atoms with van der Waals surface area (Å²) in [5.41, 5.74) is 21.6. The number of amides is 1. The van der Waals surface area contributed by atoms with Crippen molar-refractivity contribution in [2.75, 3.05) is 32.8 Å². The summed E-state index contributed by atoms with van der Waals surface area (Å²) in [6, 6.07) is 8.84. The van der Waals surface area contributed by atoms with Crippen molar-refractivity contribution < 1.29 is 28.2 Å². The van der Waals surface area contributed by atoms with Gasteiger partial charge in [0.25, 0.3) is 0 Å². The van der Waals surface area contributed by atoms with Gasteiger partial charge in [0.05, 0.1) is 26.9 Å². The second-order valence-electron chi connectivity index (χ2n) is 9.74. The molecule has 0 saturated heterocycles. The van der Waals surface area contributed by atoms with Gasteiger partial charge in [0.1, 0.15) is 45.1 Å². The number of nitrogens with zero attached hydrogens (tertiary/aromatic N) is 3. The molecule has 1 amide bonds. The van der Waals surface area contributed by atoms with Gasteiger partial charge in [-0.2, -0.15) is 4.99 Å². The Balaban J connectivity index is 0.000000294. The molecule has 5 rings (SSSR count). The monoisotopic (exact) mass is 659 g/mol. The van der Waals surface area contributed by atoms with Crippen molar-refractivity contribution in [3.8, 4) is 34.1 Å². The lowest BCUT2D eigenvalue weighted by Gasteiger charge is -2.29. The fraction of sp³-hybridized carbons (Fsp3) is 0.207. The average molecular weight is 661 g/mol. The molecule has 0 fully saturated rings. The van der Waals surface area contributed by atoms with Gasteiger partial charge in [0.15, 0.2) is 28.4 Å². The van der Waals surface area contributed by atoms with Crippen molar-refractivity contribution in [2.24, 2.45) is 16.5 Å². The Labute approximate surface area is 268 Å². The van der Waals surface area contributed by atoms with Crippen LogP contribution in [-0.2, 0) is 0 Å². The smallest absolute Gasteiger partial charge is 0.347 e. The number of guanidine groups is 1. The van der Waals surface area contributed by atoms with Gasteiger partial charge in [-0.05, 0) is 43.7 Å². The van der Waals surface area contributed by atoms with E-state index in [4.69, 9.17) is 57.9 Å². The van der Waals surface area contributed by atoms with Gasteiger partial charge in [-0.1, -0.05) is 23.7 Å². The summed E-state index contributed by atoms with van der Waals surface area (Å²) in [7, 11) is 4.68. The topological polar surface area (TPSA) is 226 Å². The number of carbonyl (C=O) groups excluding carboxylic acids is 1. The molecule has 3 heterocycles. The number of fused-ring (bicyclic) bond motifs is 2. The third-order valence-corrected chi connectivity index (χ3v) is 6.53. The van der Waals surface area contributed by atoms with Gasteiger partial charge in [-0.15, -0.1) is 12.4 Å². The van der Waals surface area contributed by atoms with E-state index in [0.29, 0.717) is 45.1 Å². The van der Waals surface area contributed by atoms with Crippen LogP contribution in [0.1, 0.15) is 29.9 Å². The molecule has 4 aromatic rings. The van der Waals surface area contributed by atoms with Crippen molar-refractivity contribution >= 4 is 64.6 Å². The van der Waals surface area contributed by atoms with Gasteiger partial charge in [0.2, 0.25) is 0 Å². The van der Waals surface area contributed by atoms with Crippen LogP contribution in [0.4, 0.5) is 11.6 Å². The summed E-state index contributed by atoms with van der Waals surface area (Å²) in [6.07, 6.45) is 3.91. The number of methoxy groups -OCH3 is 3. The van der Waals surface area contributed by atoms with Gasteiger partial charge in [0, 0.05) is 6.07 Å². The zero-order valence-corrected chi connectivity index (χ0v) is 26.4. The highest BCUT2D eigenvalue weighted by Crippen LogP contribution is 2.47. The molecule has 1 aliphatic rings. The maximum atomic E-state index is 12.9. The fourth-order valence-electron chi connectivity index (χ4n) is 4.33. The number of hydrogen-bond acceptors (Lipinski definition) is 11. The Kier molecular flexibility index (Phi) is 10.4. The highest BCUT2D eigenvalue weighted by Gasteiger charge is 2.29. The average Bonchev–Trinajstić information content (AvgIpc) is 2.96. The van der Waals surface area contributed by atoms with Crippen molar-refractivity contribution in [1.82, 2.24) is 9.97 Å². The van der Waals surface area contributed by atoms with Crippen LogP contribution in [0.2, 0.25) is 5.15 Å². The Morgan fingerprint density at radius 1 is 0.978 bits per heavy atom. The first-order valence-electron chi connectivity index (χ1n) is 12.8. The first-order chi connectivity index (χ1) is 20.8. The number of anilines is 2. The molecule has 0 radical (unpaired) electrons. The highest BCUT2D eigenvalue weighted by molar-refractivity contribution is 6.31. The maximum absolute atomic E-state index is 12.9. The Bertz CT molecular complexity index is 1870. The Hall–Kier alpha value is -5.21. The summed E-state index contributed by atoms with van der Waals surface area (Å²) in [6.45, 7) is 3.90. The van der Waals surface area contributed by atoms with Crippen LogP contribution in [-0.4, -0.2) is 48.8 Å². The van der Waals surface area contributed by atoms with Crippen molar-refractivity contribution in [2.45, 2.75) is 19.4 Å². The summed E-state index contributed by atoms with van der Waals surface area (Å²) in [5, 5.41) is 0.436. The predicted molar refractivity (Wildman–Crippen MR) is 175 cm³/mol. The largest absolute Gasteiger partial charge is 0.497 e. The van der Waals surface area contributed by atoms with Crippen LogP contribution in [0.3, 0.4) is 0 Å². The minimum atomic E-state index is -0.832. The summed E-state index contributed by atoms with van der Waals surface area (Å²) in [5.74, 6) is 0.691. The number of nitrogen functional groups attached to an aromatic ring is 2. The number of rotatable bonds is 5. The van der Waals surface area contributed by atoms with E-state index in [0.717, 1.165) is 5.56 Å². The fourth-order valence-corrected chi connectivity index (χ4v) is 4.45. The molecule has 2 aromatic heterocycles. The molecule has 238 valence electrons. The third-order valence-electron chi connectivity index (χ3n) is 6.26. The first kappa shape index (κ1) is 34.3. The highest BCUT2D eigenvalue weighted by atomic mass is 35.5. The molecule has 0 aliphatic carbocycles. The number of carbonyl (C=O) groups is 1. The molecule has 1 aliphatic heterocycles. The molecule has 8 N–H and O–H groups in total. The molecular formula is C29H31Cl2N7O7. The van der Waals surface area contributed by atoms with Crippen LogP contribution in [0.5, 0.6) is 23.0 Å². The summed E-state index contributed by atoms with van der Waals surface area (Å²) >= 11 is 5.55. The minimum absolute atomic E-state index is 0. The van der Waals surface area contributed by atoms with Crippen LogP contribution in [0.15, 0.2) is 50.6 Å². The number of nitrogens with two attached hydrogens (primary N) is 4.